The maximum atomic E-state index is 12.5. The predicted octanol–water partition coefficient (Wildman–Crippen LogP) is 4.95. The molecule has 0 heterocycles. The number of hydrogen-bond acceptors (Lipinski definition) is 1. The Kier molecular flexibility index (Phi) is 5.18. The lowest BCUT2D eigenvalue weighted by Gasteiger charge is -2.18. The molecular weight excluding hydrogens is 326 g/mol. The summed E-state index contributed by atoms with van der Waals surface area (Å²) >= 11 is 3.47. The van der Waals surface area contributed by atoms with Gasteiger partial charge >= 0.3 is 0 Å². The van der Waals surface area contributed by atoms with E-state index >= 15 is 0 Å². The normalized spacial score (nSPS) is 12.0. The van der Waals surface area contributed by atoms with Crippen molar-refractivity contribution in [2.45, 2.75) is 33.2 Å². The minimum absolute atomic E-state index is 0.0266. The van der Waals surface area contributed by atoms with Crippen LogP contribution >= 0.6 is 15.9 Å². The van der Waals surface area contributed by atoms with Crippen molar-refractivity contribution in [1.82, 2.24) is 5.32 Å². The van der Waals surface area contributed by atoms with Crippen molar-refractivity contribution in [3.63, 3.8) is 0 Å². The highest BCUT2D eigenvalue weighted by molar-refractivity contribution is 9.10. The van der Waals surface area contributed by atoms with E-state index in [0.29, 0.717) is 0 Å². The maximum Gasteiger partial charge on any atom is 0.252 e. The van der Waals surface area contributed by atoms with Gasteiger partial charge in [0.05, 0.1) is 6.04 Å². The predicted molar refractivity (Wildman–Crippen MR) is 90.6 cm³/mol. The van der Waals surface area contributed by atoms with E-state index in [0.717, 1.165) is 27.6 Å². The summed E-state index contributed by atoms with van der Waals surface area (Å²) in [5.74, 6) is -0.0266. The molecule has 1 N–H and O–H groups in total. The Morgan fingerprint density at radius 2 is 1.81 bits per heavy atom. The van der Waals surface area contributed by atoms with Crippen molar-refractivity contribution in [2.75, 3.05) is 0 Å². The van der Waals surface area contributed by atoms with Crippen molar-refractivity contribution in [3.05, 3.63) is 69.2 Å². The minimum Gasteiger partial charge on any atom is -0.345 e. The number of carbonyl (C=O) groups excluding carboxylic acids is 1. The lowest BCUT2D eigenvalue weighted by molar-refractivity contribution is 0.0935. The van der Waals surface area contributed by atoms with Crippen LogP contribution in [0.5, 0.6) is 0 Å². The molecule has 0 fully saturated rings. The van der Waals surface area contributed by atoms with Gasteiger partial charge in [0.15, 0.2) is 0 Å². The first-order valence-electron chi connectivity index (χ1n) is 7.15. The molecule has 0 bridgehead atoms. The molecule has 0 aromatic heterocycles. The van der Waals surface area contributed by atoms with E-state index in [1.807, 2.05) is 25.1 Å². The van der Waals surface area contributed by atoms with Crippen LogP contribution in [0.2, 0.25) is 0 Å². The second-order valence-electron chi connectivity index (χ2n) is 5.26. The van der Waals surface area contributed by atoms with Crippen LogP contribution in [0.4, 0.5) is 0 Å². The Labute approximate surface area is 134 Å². The SMILES string of the molecule is CCC(NC(=O)c1cccc(Br)c1C)c1ccc(C)cc1. The zero-order valence-corrected chi connectivity index (χ0v) is 14.2. The van der Waals surface area contributed by atoms with Gasteiger partial charge in [0, 0.05) is 10.0 Å². The Morgan fingerprint density at radius 1 is 1.14 bits per heavy atom. The smallest absolute Gasteiger partial charge is 0.252 e. The molecule has 2 nitrogen and oxygen atoms in total. The summed E-state index contributed by atoms with van der Waals surface area (Å²) < 4.78 is 0.957. The van der Waals surface area contributed by atoms with Crippen LogP contribution in [0, 0.1) is 13.8 Å². The summed E-state index contributed by atoms with van der Waals surface area (Å²) in [5.41, 5.74) is 4.05. The number of halogens is 1. The van der Waals surface area contributed by atoms with Gasteiger partial charge in [0.25, 0.3) is 5.91 Å². The summed E-state index contributed by atoms with van der Waals surface area (Å²) in [7, 11) is 0. The Bertz CT molecular complexity index is 634. The van der Waals surface area contributed by atoms with Crippen molar-refractivity contribution in [2.24, 2.45) is 0 Å². The van der Waals surface area contributed by atoms with Gasteiger partial charge in [-0.15, -0.1) is 0 Å². The number of benzene rings is 2. The average molecular weight is 346 g/mol. The Balaban J connectivity index is 2.20. The van der Waals surface area contributed by atoms with Gasteiger partial charge in [0.2, 0.25) is 0 Å². The molecule has 0 aliphatic heterocycles. The molecule has 21 heavy (non-hydrogen) atoms. The van der Waals surface area contributed by atoms with Gasteiger partial charge in [-0.25, -0.2) is 0 Å². The molecule has 3 heteroatoms. The zero-order chi connectivity index (χ0) is 15.4. The van der Waals surface area contributed by atoms with Gasteiger partial charge in [0.1, 0.15) is 0 Å². The van der Waals surface area contributed by atoms with E-state index < -0.39 is 0 Å². The van der Waals surface area contributed by atoms with Gasteiger partial charge in [-0.05, 0) is 43.5 Å². The van der Waals surface area contributed by atoms with Gasteiger partial charge < -0.3 is 5.32 Å². The molecular formula is C18H20BrNO. The van der Waals surface area contributed by atoms with Crippen LogP contribution in [-0.2, 0) is 0 Å². The molecule has 2 aromatic rings. The highest BCUT2D eigenvalue weighted by atomic mass is 79.9. The van der Waals surface area contributed by atoms with E-state index in [1.54, 1.807) is 0 Å². The fourth-order valence-electron chi connectivity index (χ4n) is 2.31. The fraction of sp³-hybridized carbons (Fsp3) is 0.278. The summed E-state index contributed by atoms with van der Waals surface area (Å²) in [6, 6.07) is 14.0. The molecule has 1 atom stereocenters. The molecule has 2 rings (SSSR count). The molecule has 0 aliphatic rings. The highest BCUT2D eigenvalue weighted by Gasteiger charge is 2.16. The molecule has 110 valence electrons. The lowest BCUT2D eigenvalue weighted by atomic mass is 10.0. The number of rotatable bonds is 4. The maximum absolute atomic E-state index is 12.5. The van der Waals surface area contributed by atoms with Crippen LogP contribution in [0.3, 0.4) is 0 Å². The lowest BCUT2D eigenvalue weighted by Crippen LogP contribution is -2.28. The molecule has 1 unspecified atom stereocenters. The first kappa shape index (κ1) is 15.8. The third-order valence-electron chi connectivity index (χ3n) is 3.71. The number of carbonyl (C=O) groups is 1. The molecule has 1 amide bonds. The van der Waals surface area contributed by atoms with Gasteiger partial charge in [-0.2, -0.15) is 0 Å². The van der Waals surface area contributed by atoms with E-state index in [4.69, 9.17) is 0 Å². The Morgan fingerprint density at radius 3 is 2.43 bits per heavy atom. The van der Waals surface area contributed by atoms with Crippen molar-refractivity contribution >= 4 is 21.8 Å². The van der Waals surface area contributed by atoms with Crippen molar-refractivity contribution < 1.29 is 4.79 Å². The summed E-state index contributed by atoms with van der Waals surface area (Å²) in [6.07, 6.45) is 0.863. The van der Waals surface area contributed by atoms with E-state index in [-0.39, 0.29) is 11.9 Å². The third kappa shape index (κ3) is 3.73. The van der Waals surface area contributed by atoms with E-state index in [1.165, 1.54) is 5.56 Å². The minimum atomic E-state index is -0.0266. The molecule has 0 aliphatic carbocycles. The first-order valence-corrected chi connectivity index (χ1v) is 7.94. The summed E-state index contributed by atoms with van der Waals surface area (Å²) in [5, 5.41) is 3.13. The molecule has 0 saturated heterocycles. The van der Waals surface area contributed by atoms with Crippen LogP contribution in [-0.4, -0.2) is 5.91 Å². The van der Waals surface area contributed by atoms with Crippen LogP contribution in [0.1, 0.15) is 46.4 Å². The summed E-state index contributed by atoms with van der Waals surface area (Å²) in [4.78, 5) is 12.5. The molecule has 0 radical (unpaired) electrons. The number of nitrogens with one attached hydrogen (secondary N) is 1. The molecule has 0 saturated carbocycles. The van der Waals surface area contributed by atoms with Gasteiger partial charge in [-0.1, -0.05) is 58.7 Å². The van der Waals surface area contributed by atoms with Crippen LogP contribution in [0.25, 0.3) is 0 Å². The molecule has 0 spiro atoms. The zero-order valence-electron chi connectivity index (χ0n) is 12.6. The Hall–Kier alpha value is -1.61. The summed E-state index contributed by atoms with van der Waals surface area (Å²) in [6.45, 7) is 6.10. The number of aryl methyl sites for hydroxylation is 1. The highest BCUT2D eigenvalue weighted by Crippen LogP contribution is 2.22. The second-order valence-corrected chi connectivity index (χ2v) is 6.11. The number of hydrogen-bond donors (Lipinski definition) is 1. The average Bonchev–Trinajstić information content (AvgIpc) is 2.48. The molecule has 2 aromatic carbocycles. The van der Waals surface area contributed by atoms with E-state index in [9.17, 15) is 4.79 Å². The largest absolute Gasteiger partial charge is 0.345 e. The van der Waals surface area contributed by atoms with Crippen molar-refractivity contribution in [1.29, 1.82) is 0 Å². The second kappa shape index (κ2) is 6.90. The number of amides is 1. The van der Waals surface area contributed by atoms with Crippen LogP contribution in [0.15, 0.2) is 46.9 Å². The third-order valence-corrected chi connectivity index (χ3v) is 4.56. The standard InChI is InChI=1S/C18H20BrNO/c1-4-17(14-10-8-12(2)9-11-14)20-18(21)15-6-5-7-16(19)13(15)3/h5-11,17H,4H2,1-3H3,(H,20,21). The fourth-order valence-corrected chi connectivity index (χ4v) is 2.68. The van der Waals surface area contributed by atoms with E-state index in [2.05, 4.69) is 59.4 Å². The quantitative estimate of drug-likeness (QED) is 0.834. The monoisotopic (exact) mass is 345 g/mol. The first-order chi connectivity index (χ1) is 10.0. The van der Waals surface area contributed by atoms with Gasteiger partial charge in [-0.3, -0.25) is 4.79 Å². The van der Waals surface area contributed by atoms with Crippen molar-refractivity contribution in [3.8, 4) is 0 Å². The topological polar surface area (TPSA) is 29.1 Å². The van der Waals surface area contributed by atoms with Crippen LogP contribution < -0.4 is 5.32 Å².